The highest BCUT2D eigenvalue weighted by molar-refractivity contribution is 7.05. The number of aryl methyl sites for hydroxylation is 2. The third kappa shape index (κ3) is 3.55. The molecule has 0 aliphatic carbocycles. The van der Waals surface area contributed by atoms with Crippen molar-refractivity contribution < 1.29 is 0 Å². The predicted molar refractivity (Wildman–Crippen MR) is 89.0 cm³/mol. The van der Waals surface area contributed by atoms with Crippen LogP contribution in [0.1, 0.15) is 54.9 Å². The molecule has 0 N–H and O–H groups in total. The second-order valence-electron chi connectivity index (χ2n) is 6.19. The summed E-state index contributed by atoms with van der Waals surface area (Å²) in [7, 11) is 0. The van der Waals surface area contributed by atoms with Crippen LogP contribution >= 0.6 is 11.5 Å². The standard InChI is InChI=1S/C16H25N5S/c1-3-4-9-21-10-7-17-16(21)14-6-5-8-20(11-14)12-15-13(2)18-19-22-15/h7,10,14H,3-6,8-9,11-12H2,1-2H3. The van der Waals surface area contributed by atoms with Crippen LogP contribution < -0.4 is 0 Å². The maximum atomic E-state index is 4.66. The predicted octanol–water partition coefficient (Wildman–Crippen LogP) is 3.22. The van der Waals surface area contributed by atoms with Gasteiger partial charge in [0, 0.05) is 37.9 Å². The molecule has 0 radical (unpaired) electrons. The van der Waals surface area contributed by atoms with Crippen molar-refractivity contribution in [3.63, 3.8) is 0 Å². The maximum Gasteiger partial charge on any atom is 0.113 e. The lowest BCUT2D eigenvalue weighted by molar-refractivity contribution is 0.195. The Balaban J connectivity index is 1.65. The highest BCUT2D eigenvalue weighted by Crippen LogP contribution is 2.27. The van der Waals surface area contributed by atoms with Crippen LogP contribution in [0.4, 0.5) is 0 Å². The third-order valence-corrected chi connectivity index (χ3v) is 5.29. The number of rotatable bonds is 6. The molecule has 6 heteroatoms. The van der Waals surface area contributed by atoms with Crippen molar-refractivity contribution >= 4 is 11.5 Å². The first-order valence-electron chi connectivity index (χ1n) is 8.29. The summed E-state index contributed by atoms with van der Waals surface area (Å²) in [6.07, 6.45) is 9.05. The molecule has 2 aromatic heterocycles. The van der Waals surface area contributed by atoms with E-state index >= 15 is 0 Å². The molecule has 1 atom stereocenters. The first-order chi connectivity index (χ1) is 10.8. The van der Waals surface area contributed by atoms with Gasteiger partial charge < -0.3 is 4.57 Å². The molecule has 0 spiro atoms. The molecule has 0 saturated carbocycles. The summed E-state index contributed by atoms with van der Waals surface area (Å²) in [6, 6.07) is 0. The number of aromatic nitrogens is 4. The fourth-order valence-corrected chi connectivity index (χ4v) is 3.88. The van der Waals surface area contributed by atoms with Gasteiger partial charge in [0.2, 0.25) is 0 Å². The van der Waals surface area contributed by atoms with E-state index in [1.807, 2.05) is 6.20 Å². The molecular formula is C16H25N5S. The lowest BCUT2D eigenvalue weighted by Crippen LogP contribution is -2.34. The van der Waals surface area contributed by atoms with E-state index in [0.29, 0.717) is 5.92 Å². The number of piperidine rings is 1. The zero-order valence-electron chi connectivity index (χ0n) is 13.5. The average molecular weight is 319 g/mol. The van der Waals surface area contributed by atoms with Crippen molar-refractivity contribution in [2.24, 2.45) is 0 Å². The Morgan fingerprint density at radius 3 is 3.09 bits per heavy atom. The van der Waals surface area contributed by atoms with Gasteiger partial charge in [-0.25, -0.2) is 4.98 Å². The fraction of sp³-hybridized carbons (Fsp3) is 0.688. The van der Waals surface area contributed by atoms with E-state index in [0.717, 1.165) is 25.3 Å². The lowest BCUT2D eigenvalue weighted by Gasteiger charge is -2.32. The molecular weight excluding hydrogens is 294 g/mol. The number of hydrogen-bond donors (Lipinski definition) is 0. The van der Waals surface area contributed by atoms with E-state index in [2.05, 4.69) is 44.1 Å². The van der Waals surface area contributed by atoms with Crippen LogP contribution in [-0.2, 0) is 13.1 Å². The van der Waals surface area contributed by atoms with Crippen LogP contribution in [0.3, 0.4) is 0 Å². The summed E-state index contributed by atoms with van der Waals surface area (Å²) in [5, 5.41) is 4.12. The lowest BCUT2D eigenvalue weighted by atomic mass is 9.97. The van der Waals surface area contributed by atoms with Crippen LogP contribution in [0.25, 0.3) is 0 Å². The Morgan fingerprint density at radius 1 is 1.41 bits per heavy atom. The van der Waals surface area contributed by atoms with E-state index in [4.69, 9.17) is 0 Å². The van der Waals surface area contributed by atoms with Crippen molar-refractivity contribution in [1.29, 1.82) is 0 Å². The molecule has 0 amide bonds. The topological polar surface area (TPSA) is 46.8 Å². The molecule has 3 rings (SSSR count). The molecule has 120 valence electrons. The largest absolute Gasteiger partial charge is 0.335 e. The Bertz CT molecular complexity index is 591. The van der Waals surface area contributed by atoms with Gasteiger partial charge in [-0.15, -0.1) is 5.10 Å². The van der Waals surface area contributed by atoms with Gasteiger partial charge in [-0.2, -0.15) is 0 Å². The smallest absolute Gasteiger partial charge is 0.113 e. The van der Waals surface area contributed by atoms with Crippen LogP contribution in [0, 0.1) is 6.92 Å². The molecule has 1 aliphatic heterocycles. The van der Waals surface area contributed by atoms with Crippen LogP contribution in [-0.4, -0.2) is 37.1 Å². The first-order valence-corrected chi connectivity index (χ1v) is 9.06. The van der Waals surface area contributed by atoms with Crippen molar-refractivity contribution in [2.45, 2.75) is 58.5 Å². The third-order valence-electron chi connectivity index (χ3n) is 4.48. The Labute approximate surface area is 136 Å². The normalized spacial score (nSPS) is 19.6. The highest BCUT2D eigenvalue weighted by atomic mass is 32.1. The van der Waals surface area contributed by atoms with E-state index in [1.165, 1.54) is 54.5 Å². The van der Waals surface area contributed by atoms with Gasteiger partial charge in [-0.05, 0) is 44.3 Å². The van der Waals surface area contributed by atoms with Crippen molar-refractivity contribution in [1.82, 2.24) is 24.0 Å². The number of hydrogen-bond acceptors (Lipinski definition) is 5. The van der Waals surface area contributed by atoms with Gasteiger partial charge in [-0.3, -0.25) is 4.90 Å². The minimum absolute atomic E-state index is 0.557. The molecule has 22 heavy (non-hydrogen) atoms. The SMILES string of the molecule is CCCCn1ccnc1C1CCCN(Cc2snnc2C)C1. The molecule has 2 aromatic rings. The quantitative estimate of drug-likeness (QED) is 0.820. The van der Waals surface area contributed by atoms with E-state index in [-0.39, 0.29) is 0 Å². The number of unbranched alkanes of at least 4 members (excludes halogenated alkanes) is 1. The number of imidazole rings is 1. The summed E-state index contributed by atoms with van der Waals surface area (Å²) in [4.78, 5) is 8.49. The van der Waals surface area contributed by atoms with E-state index in [1.54, 1.807) is 0 Å². The average Bonchev–Trinajstić information content (AvgIpc) is 3.15. The molecule has 1 fully saturated rings. The van der Waals surface area contributed by atoms with Crippen molar-refractivity contribution in [3.05, 3.63) is 28.8 Å². The zero-order valence-corrected chi connectivity index (χ0v) is 14.3. The maximum absolute atomic E-state index is 4.66. The number of nitrogens with zero attached hydrogens (tertiary/aromatic N) is 5. The Hall–Kier alpha value is -1.27. The van der Waals surface area contributed by atoms with Crippen LogP contribution in [0.5, 0.6) is 0 Å². The van der Waals surface area contributed by atoms with Gasteiger partial charge in [-0.1, -0.05) is 17.8 Å². The number of likely N-dealkylation sites (tertiary alicyclic amines) is 1. The van der Waals surface area contributed by atoms with Gasteiger partial charge >= 0.3 is 0 Å². The molecule has 1 unspecified atom stereocenters. The summed E-state index contributed by atoms with van der Waals surface area (Å²) in [5.74, 6) is 1.83. The molecule has 1 saturated heterocycles. The molecule has 1 aliphatic rings. The summed E-state index contributed by atoms with van der Waals surface area (Å²) in [5.41, 5.74) is 1.08. The zero-order chi connectivity index (χ0) is 15.4. The monoisotopic (exact) mass is 319 g/mol. The molecule has 0 bridgehead atoms. The summed E-state index contributed by atoms with van der Waals surface area (Å²) >= 11 is 1.53. The fourth-order valence-electron chi connectivity index (χ4n) is 3.21. The second-order valence-corrected chi connectivity index (χ2v) is 7.03. The minimum atomic E-state index is 0.557. The molecule has 5 nitrogen and oxygen atoms in total. The van der Waals surface area contributed by atoms with E-state index in [9.17, 15) is 0 Å². The van der Waals surface area contributed by atoms with E-state index < -0.39 is 0 Å². The first kappa shape index (κ1) is 15.6. The highest BCUT2D eigenvalue weighted by Gasteiger charge is 2.25. The van der Waals surface area contributed by atoms with Gasteiger partial charge in [0.05, 0.1) is 10.6 Å². The Kier molecular flexibility index (Phi) is 5.20. The van der Waals surface area contributed by atoms with Crippen molar-refractivity contribution in [2.75, 3.05) is 13.1 Å². The molecule has 3 heterocycles. The summed E-state index contributed by atoms with van der Waals surface area (Å²) < 4.78 is 6.41. The summed E-state index contributed by atoms with van der Waals surface area (Å²) in [6.45, 7) is 8.64. The van der Waals surface area contributed by atoms with Crippen molar-refractivity contribution in [3.8, 4) is 0 Å². The van der Waals surface area contributed by atoms with Gasteiger partial charge in [0.15, 0.2) is 0 Å². The second kappa shape index (κ2) is 7.33. The van der Waals surface area contributed by atoms with Crippen LogP contribution in [0.2, 0.25) is 0 Å². The Morgan fingerprint density at radius 2 is 2.32 bits per heavy atom. The van der Waals surface area contributed by atoms with Crippen LogP contribution in [0.15, 0.2) is 12.4 Å². The van der Waals surface area contributed by atoms with Gasteiger partial charge in [0.25, 0.3) is 0 Å². The minimum Gasteiger partial charge on any atom is -0.335 e. The van der Waals surface area contributed by atoms with Gasteiger partial charge in [0.1, 0.15) is 5.82 Å². The molecule has 0 aromatic carbocycles.